The van der Waals surface area contributed by atoms with Crippen molar-refractivity contribution in [2.24, 2.45) is 0 Å². The highest BCUT2D eigenvalue weighted by Gasteiger charge is 2.20. The Labute approximate surface area is 190 Å². The first-order valence-electron chi connectivity index (χ1n) is 10.0. The summed E-state index contributed by atoms with van der Waals surface area (Å²) in [7, 11) is 0. The zero-order valence-corrected chi connectivity index (χ0v) is 18.6. The summed E-state index contributed by atoms with van der Waals surface area (Å²) in [6, 6.07) is 14.9. The number of hydrogen-bond acceptors (Lipinski definition) is 6. The summed E-state index contributed by atoms with van der Waals surface area (Å²) in [5, 5.41) is 14.2. The lowest BCUT2D eigenvalue weighted by molar-refractivity contribution is 0.770. The summed E-state index contributed by atoms with van der Waals surface area (Å²) in [6.07, 6.45) is 1.37. The predicted octanol–water partition coefficient (Wildman–Crippen LogP) is 4.68. The highest BCUT2D eigenvalue weighted by Crippen LogP contribution is 2.28. The SMILES string of the molecule is Cc1ccc(-n2c(C(C)Nc3nc(N)ncc3C#N)cc3cccc(Cl)c3c2=O)c(C)c1. The second-order valence-electron chi connectivity index (χ2n) is 7.67. The van der Waals surface area contributed by atoms with Crippen LogP contribution in [0.2, 0.25) is 5.02 Å². The van der Waals surface area contributed by atoms with E-state index in [-0.39, 0.29) is 17.1 Å². The molecule has 0 fully saturated rings. The number of rotatable bonds is 4. The van der Waals surface area contributed by atoms with E-state index in [4.69, 9.17) is 17.3 Å². The number of aryl methyl sites for hydroxylation is 2. The molecular formula is C24H21ClN6O. The van der Waals surface area contributed by atoms with Crippen molar-refractivity contribution in [2.75, 3.05) is 11.1 Å². The van der Waals surface area contributed by atoms with Gasteiger partial charge in [-0.3, -0.25) is 9.36 Å². The maximum atomic E-state index is 13.7. The van der Waals surface area contributed by atoms with E-state index in [1.54, 1.807) is 10.6 Å². The molecule has 7 nitrogen and oxygen atoms in total. The summed E-state index contributed by atoms with van der Waals surface area (Å²) in [6.45, 7) is 5.86. The number of nitrogens with two attached hydrogens (primary N) is 1. The molecule has 2 aromatic carbocycles. The summed E-state index contributed by atoms with van der Waals surface area (Å²) in [5.41, 5.74) is 9.27. The number of nitrogens with zero attached hydrogens (tertiary/aromatic N) is 4. The lowest BCUT2D eigenvalue weighted by Gasteiger charge is -2.23. The molecule has 1 atom stereocenters. The number of nitriles is 1. The zero-order chi connectivity index (χ0) is 23.0. The number of anilines is 2. The Morgan fingerprint density at radius 2 is 2.00 bits per heavy atom. The van der Waals surface area contributed by atoms with Gasteiger partial charge in [0.15, 0.2) is 0 Å². The minimum Gasteiger partial charge on any atom is -0.368 e. The van der Waals surface area contributed by atoms with Crippen LogP contribution in [0.5, 0.6) is 0 Å². The number of hydrogen-bond donors (Lipinski definition) is 2. The second-order valence-corrected chi connectivity index (χ2v) is 8.08. The van der Waals surface area contributed by atoms with Crippen molar-refractivity contribution in [3.05, 3.63) is 86.4 Å². The minimum absolute atomic E-state index is 0.0516. The van der Waals surface area contributed by atoms with Crippen molar-refractivity contribution >= 4 is 34.1 Å². The van der Waals surface area contributed by atoms with Gasteiger partial charge in [-0.2, -0.15) is 10.2 Å². The first-order valence-corrected chi connectivity index (χ1v) is 10.4. The molecule has 0 amide bonds. The topological polar surface area (TPSA) is 110 Å². The van der Waals surface area contributed by atoms with Crippen molar-refractivity contribution in [2.45, 2.75) is 26.8 Å². The molecule has 1 unspecified atom stereocenters. The van der Waals surface area contributed by atoms with Crippen molar-refractivity contribution in [1.82, 2.24) is 14.5 Å². The molecule has 0 bridgehead atoms. The molecule has 0 saturated heterocycles. The number of benzene rings is 2. The predicted molar refractivity (Wildman–Crippen MR) is 127 cm³/mol. The Bertz CT molecular complexity index is 1450. The molecule has 0 aliphatic carbocycles. The van der Waals surface area contributed by atoms with Gasteiger partial charge in [-0.1, -0.05) is 41.4 Å². The molecule has 0 saturated carbocycles. The average molecular weight is 445 g/mol. The molecule has 160 valence electrons. The maximum Gasteiger partial charge on any atom is 0.264 e. The molecular weight excluding hydrogens is 424 g/mol. The molecule has 2 aromatic heterocycles. The highest BCUT2D eigenvalue weighted by molar-refractivity contribution is 6.35. The van der Waals surface area contributed by atoms with Gasteiger partial charge in [-0.05, 0) is 49.9 Å². The van der Waals surface area contributed by atoms with Crippen molar-refractivity contribution in [3.63, 3.8) is 0 Å². The Kier molecular flexibility index (Phi) is 5.56. The number of pyridine rings is 1. The van der Waals surface area contributed by atoms with E-state index in [0.29, 0.717) is 21.9 Å². The lowest BCUT2D eigenvalue weighted by atomic mass is 10.0. The fraction of sp³-hybridized carbons (Fsp3) is 0.167. The third-order valence-electron chi connectivity index (χ3n) is 5.34. The number of halogens is 1. The number of nitrogen functional groups attached to an aromatic ring is 1. The molecule has 0 radical (unpaired) electrons. The van der Waals surface area contributed by atoms with Crippen LogP contribution in [0, 0.1) is 25.2 Å². The van der Waals surface area contributed by atoms with Crippen LogP contribution in [0.4, 0.5) is 11.8 Å². The van der Waals surface area contributed by atoms with E-state index in [2.05, 4.69) is 21.4 Å². The van der Waals surface area contributed by atoms with Gasteiger partial charge in [0.2, 0.25) is 5.95 Å². The standard InChI is InChI=1S/C24H21ClN6O/c1-13-7-8-19(14(2)9-13)31-20(10-16-5-4-6-18(25)21(16)23(31)32)15(3)29-22-17(11-26)12-28-24(27)30-22/h4-10,12,15H,1-3H3,(H3,27,28,29,30). The Morgan fingerprint density at radius 3 is 2.72 bits per heavy atom. The molecule has 3 N–H and O–H groups in total. The van der Waals surface area contributed by atoms with Crippen LogP contribution in [0.1, 0.15) is 35.3 Å². The van der Waals surface area contributed by atoms with Crippen LogP contribution >= 0.6 is 11.6 Å². The number of nitrogens with one attached hydrogen (secondary N) is 1. The molecule has 4 rings (SSSR count). The van der Waals surface area contributed by atoms with Crippen molar-refractivity contribution in [3.8, 4) is 11.8 Å². The number of aromatic nitrogens is 3. The Morgan fingerprint density at radius 1 is 1.22 bits per heavy atom. The highest BCUT2D eigenvalue weighted by atomic mass is 35.5. The summed E-state index contributed by atoms with van der Waals surface area (Å²) >= 11 is 6.41. The van der Waals surface area contributed by atoms with Crippen molar-refractivity contribution in [1.29, 1.82) is 5.26 Å². The third kappa shape index (κ3) is 3.77. The van der Waals surface area contributed by atoms with Gasteiger partial charge < -0.3 is 11.1 Å². The molecule has 8 heteroatoms. The van der Waals surface area contributed by atoms with Gasteiger partial charge in [0.05, 0.1) is 28.3 Å². The zero-order valence-electron chi connectivity index (χ0n) is 17.8. The van der Waals surface area contributed by atoms with Crippen molar-refractivity contribution < 1.29 is 0 Å². The normalized spacial score (nSPS) is 11.8. The van der Waals surface area contributed by atoms with Gasteiger partial charge in [0.1, 0.15) is 17.5 Å². The van der Waals surface area contributed by atoms with E-state index >= 15 is 0 Å². The van der Waals surface area contributed by atoms with Gasteiger partial charge in [-0.15, -0.1) is 0 Å². The van der Waals surface area contributed by atoms with Gasteiger partial charge >= 0.3 is 0 Å². The lowest BCUT2D eigenvalue weighted by Crippen LogP contribution is -2.26. The first kappa shape index (κ1) is 21.3. The smallest absolute Gasteiger partial charge is 0.264 e. The van der Waals surface area contributed by atoms with Crippen LogP contribution in [-0.2, 0) is 0 Å². The largest absolute Gasteiger partial charge is 0.368 e. The van der Waals surface area contributed by atoms with E-state index in [0.717, 1.165) is 22.2 Å². The van der Waals surface area contributed by atoms with E-state index < -0.39 is 6.04 Å². The van der Waals surface area contributed by atoms with Crippen LogP contribution in [0.15, 0.2) is 53.5 Å². The van der Waals surface area contributed by atoms with E-state index in [1.165, 1.54) is 6.20 Å². The monoisotopic (exact) mass is 444 g/mol. The first-order chi connectivity index (χ1) is 15.3. The molecule has 0 spiro atoms. The molecule has 0 aliphatic rings. The minimum atomic E-state index is -0.395. The fourth-order valence-corrected chi connectivity index (χ4v) is 4.09. The molecule has 0 aliphatic heterocycles. The van der Waals surface area contributed by atoms with E-state index in [9.17, 15) is 10.1 Å². The Hall–Kier alpha value is -3.89. The van der Waals surface area contributed by atoms with Gasteiger partial charge in [0.25, 0.3) is 5.56 Å². The van der Waals surface area contributed by atoms with E-state index in [1.807, 2.05) is 57.2 Å². The van der Waals surface area contributed by atoms with Crippen LogP contribution < -0.4 is 16.6 Å². The molecule has 2 heterocycles. The summed E-state index contributed by atoms with van der Waals surface area (Å²) in [5.74, 6) is 0.356. The Balaban J connectivity index is 1.97. The molecule has 4 aromatic rings. The maximum absolute atomic E-state index is 13.7. The quantitative estimate of drug-likeness (QED) is 0.473. The third-order valence-corrected chi connectivity index (χ3v) is 5.66. The number of fused-ring (bicyclic) bond motifs is 1. The van der Waals surface area contributed by atoms with Gasteiger partial charge in [-0.25, -0.2) is 4.98 Å². The van der Waals surface area contributed by atoms with Crippen LogP contribution in [0.25, 0.3) is 16.5 Å². The second kappa shape index (κ2) is 8.33. The summed E-state index contributed by atoms with van der Waals surface area (Å²) < 4.78 is 1.66. The fourth-order valence-electron chi connectivity index (χ4n) is 3.83. The average Bonchev–Trinajstić information content (AvgIpc) is 2.74. The summed E-state index contributed by atoms with van der Waals surface area (Å²) in [4.78, 5) is 21.7. The van der Waals surface area contributed by atoms with Gasteiger partial charge in [0, 0.05) is 5.69 Å². The molecule has 32 heavy (non-hydrogen) atoms. The van der Waals surface area contributed by atoms with Crippen LogP contribution in [-0.4, -0.2) is 14.5 Å². The van der Waals surface area contributed by atoms with Crippen LogP contribution in [0.3, 0.4) is 0 Å².